The highest BCUT2D eigenvalue weighted by molar-refractivity contribution is 6.31. The number of benzene rings is 1. The van der Waals surface area contributed by atoms with Gasteiger partial charge in [-0.25, -0.2) is 8.78 Å². The number of hydrogen-bond donors (Lipinski definition) is 1. The molecule has 0 bridgehead atoms. The number of halogens is 3. The van der Waals surface area contributed by atoms with Crippen LogP contribution in [0.15, 0.2) is 36.7 Å². The van der Waals surface area contributed by atoms with Gasteiger partial charge in [-0.1, -0.05) is 24.6 Å². The molecule has 100 valence electrons. The van der Waals surface area contributed by atoms with Gasteiger partial charge in [-0.05, 0) is 30.3 Å². The minimum atomic E-state index is -0.637. The summed E-state index contributed by atoms with van der Waals surface area (Å²) in [6, 6.07) is 4.82. The number of rotatable bonds is 4. The summed E-state index contributed by atoms with van der Waals surface area (Å²) in [5.74, 6) is -1.20. The Morgan fingerprint density at radius 1 is 1.26 bits per heavy atom. The molecule has 0 aliphatic carbocycles. The summed E-state index contributed by atoms with van der Waals surface area (Å²) in [6.07, 6.45) is 3.00. The van der Waals surface area contributed by atoms with Crippen molar-refractivity contribution in [2.75, 3.05) is 6.54 Å². The molecule has 0 radical (unpaired) electrons. The summed E-state index contributed by atoms with van der Waals surface area (Å²) in [5, 5.41) is 3.42. The Morgan fingerprint density at radius 3 is 2.53 bits per heavy atom. The third kappa shape index (κ3) is 2.91. The lowest BCUT2D eigenvalue weighted by atomic mass is 9.98. The van der Waals surface area contributed by atoms with Crippen LogP contribution in [0.25, 0.3) is 0 Å². The molecule has 19 heavy (non-hydrogen) atoms. The second-order valence-electron chi connectivity index (χ2n) is 4.02. The molecule has 2 rings (SSSR count). The summed E-state index contributed by atoms with van der Waals surface area (Å²) < 4.78 is 27.8. The molecule has 5 heteroatoms. The molecule has 0 saturated heterocycles. The molecule has 1 unspecified atom stereocenters. The zero-order valence-electron chi connectivity index (χ0n) is 10.3. The second kappa shape index (κ2) is 6.08. The monoisotopic (exact) mass is 282 g/mol. The van der Waals surface area contributed by atoms with Gasteiger partial charge in [-0.15, -0.1) is 0 Å². The fraction of sp³-hybridized carbons (Fsp3) is 0.214. The lowest BCUT2D eigenvalue weighted by molar-refractivity contribution is 0.510. The molecule has 2 nitrogen and oxygen atoms in total. The van der Waals surface area contributed by atoms with E-state index in [-0.39, 0.29) is 5.56 Å². The highest BCUT2D eigenvalue weighted by Gasteiger charge is 2.22. The third-order valence-corrected chi connectivity index (χ3v) is 3.13. The van der Waals surface area contributed by atoms with E-state index < -0.39 is 17.7 Å². The van der Waals surface area contributed by atoms with E-state index in [9.17, 15) is 8.78 Å². The maximum absolute atomic E-state index is 13.9. The fourth-order valence-electron chi connectivity index (χ4n) is 1.98. The first kappa shape index (κ1) is 13.9. The molecule has 2 aromatic rings. The Balaban J connectivity index is 2.55. The fourth-order valence-corrected chi connectivity index (χ4v) is 2.21. The topological polar surface area (TPSA) is 24.9 Å². The number of nitrogens with one attached hydrogen (secondary N) is 1. The van der Waals surface area contributed by atoms with E-state index >= 15 is 0 Å². The normalized spacial score (nSPS) is 12.4. The molecular weight excluding hydrogens is 270 g/mol. The number of hydrogen-bond acceptors (Lipinski definition) is 2. The number of aromatic nitrogens is 1. The first-order valence-corrected chi connectivity index (χ1v) is 6.29. The van der Waals surface area contributed by atoms with E-state index in [0.29, 0.717) is 17.1 Å². The molecule has 1 aromatic heterocycles. The van der Waals surface area contributed by atoms with Gasteiger partial charge in [0.25, 0.3) is 0 Å². The Labute approximate surface area is 115 Å². The summed E-state index contributed by atoms with van der Waals surface area (Å²) in [6.45, 7) is 2.41. The van der Waals surface area contributed by atoms with Crippen LogP contribution in [0, 0.1) is 11.6 Å². The minimum Gasteiger partial charge on any atom is -0.306 e. The van der Waals surface area contributed by atoms with E-state index in [1.165, 1.54) is 24.4 Å². The lowest BCUT2D eigenvalue weighted by Crippen LogP contribution is -2.24. The van der Waals surface area contributed by atoms with E-state index in [4.69, 9.17) is 11.6 Å². The molecule has 1 aromatic carbocycles. The van der Waals surface area contributed by atoms with E-state index in [2.05, 4.69) is 10.3 Å². The van der Waals surface area contributed by atoms with Crippen molar-refractivity contribution < 1.29 is 8.78 Å². The van der Waals surface area contributed by atoms with Gasteiger partial charge in [0.1, 0.15) is 11.6 Å². The molecule has 0 saturated carbocycles. The van der Waals surface area contributed by atoms with Crippen molar-refractivity contribution in [3.05, 3.63) is 64.4 Å². The van der Waals surface area contributed by atoms with Crippen molar-refractivity contribution in [1.29, 1.82) is 0 Å². The van der Waals surface area contributed by atoms with Gasteiger partial charge in [-0.2, -0.15) is 0 Å². The number of nitrogens with zero attached hydrogens (tertiary/aromatic N) is 1. The van der Waals surface area contributed by atoms with Crippen LogP contribution in [0.5, 0.6) is 0 Å². The van der Waals surface area contributed by atoms with Crippen molar-refractivity contribution in [1.82, 2.24) is 10.3 Å². The summed E-state index contributed by atoms with van der Waals surface area (Å²) in [7, 11) is 0. The van der Waals surface area contributed by atoms with Gasteiger partial charge in [0, 0.05) is 18.0 Å². The molecule has 0 spiro atoms. The molecule has 0 aliphatic rings. The Morgan fingerprint density at radius 2 is 1.95 bits per heavy atom. The van der Waals surface area contributed by atoms with Crippen LogP contribution in [0.2, 0.25) is 5.02 Å². The van der Waals surface area contributed by atoms with Gasteiger partial charge in [0.15, 0.2) is 0 Å². The zero-order valence-corrected chi connectivity index (χ0v) is 11.1. The van der Waals surface area contributed by atoms with Crippen LogP contribution >= 0.6 is 11.6 Å². The minimum absolute atomic E-state index is 0.0301. The Hall–Kier alpha value is -1.52. The molecule has 1 N–H and O–H groups in total. The van der Waals surface area contributed by atoms with Crippen molar-refractivity contribution in [2.45, 2.75) is 13.0 Å². The van der Waals surface area contributed by atoms with Crippen molar-refractivity contribution >= 4 is 11.6 Å². The first-order chi connectivity index (χ1) is 9.15. The standard InChI is InChI=1S/C14H13ClF2N2/c1-2-19-14(9-6-7-18-8-10(9)15)13-11(16)4-3-5-12(13)17/h3-8,14,19H,2H2,1H3. The van der Waals surface area contributed by atoms with E-state index in [0.717, 1.165) is 0 Å². The van der Waals surface area contributed by atoms with Gasteiger partial charge in [0.2, 0.25) is 0 Å². The van der Waals surface area contributed by atoms with Gasteiger partial charge in [-0.3, -0.25) is 4.98 Å². The van der Waals surface area contributed by atoms with Crippen LogP contribution in [0.3, 0.4) is 0 Å². The molecule has 1 atom stereocenters. The van der Waals surface area contributed by atoms with Crippen LogP contribution < -0.4 is 5.32 Å². The van der Waals surface area contributed by atoms with Gasteiger partial charge >= 0.3 is 0 Å². The Kier molecular flexibility index (Phi) is 4.45. The quantitative estimate of drug-likeness (QED) is 0.925. The van der Waals surface area contributed by atoms with Crippen LogP contribution in [-0.2, 0) is 0 Å². The van der Waals surface area contributed by atoms with Crippen molar-refractivity contribution in [3.8, 4) is 0 Å². The summed E-state index contributed by atoms with van der Waals surface area (Å²) in [4.78, 5) is 3.88. The second-order valence-corrected chi connectivity index (χ2v) is 4.43. The highest BCUT2D eigenvalue weighted by atomic mass is 35.5. The summed E-state index contributed by atoms with van der Waals surface area (Å²) in [5.41, 5.74) is 0.569. The first-order valence-electron chi connectivity index (χ1n) is 5.91. The molecule has 1 heterocycles. The SMILES string of the molecule is CCNC(c1ccncc1Cl)c1c(F)cccc1F. The van der Waals surface area contributed by atoms with Gasteiger partial charge in [0.05, 0.1) is 11.1 Å². The predicted octanol–water partition coefficient (Wildman–Crippen LogP) is 3.71. The number of pyridine rings is 1. The maximum Gasteiger partial charge on any atom is 0.131 e. The van der Waals surface area contributed by atoms with Crippen molar-refractivity contribution in [3.63, 3.8) is 0 Å². The largest absolute Gasteiger partial charge is 0.306 e. The molecule has 0 fully saturated rings. The average Bonchev–Trinajstić information content (AvgIpc) is 2.38. The maximum atomic E-state index is 13.9. The molecule has 0 amide bonds. The highest BCUT2D eigenvalue weighted by Crippen LogP contribution is 2.30. The summed E-state index contributed by atoms with van der Waals surface area (Å²) >= 11 is 6.06. The Bertz CT molecular complexity index is 555. The third-order valence-electron chi connectivity index (χ3n) is 2.81. The zero-order chi connectivity index (χ0) is 13.8. The average molecular weight is 283 g/mol. The van der Waals surface area contributed by atoms with Crippen molar-refractivity contribution in [2.24, 2.45) is 0 Å². The molecule has 0 aliphatic heterocycles. The smallest absolute Gasteiger partial charge is 0.131 e. The van der Waals surface area contributed by atoms with Gasteiger partial charge < -0.3 is 5.32 Å². The predicted molar refractivity (Wildman–Crippen MR) is 71.1 cm³/mol. The van der Waals surface area contributed by atoms with E-state index in [1.54, 1.807) is 12.3 Å². The molecular formula is C14H13ClF2N2. The lowest BCUT2D eigenvalue weighted by Gasteiger charge is -2.20. The van der Waals surface area contributed by atoms with Crippen LogP contribution in [0.4, 0.5) is 8.78 Å². The van der Waals surface area contributed by atoms with Crippen LogP contribution in [-0.4, -0.2) is 11.5 Å². The van der Waals surface area contributed by atoms with Crippen LogP contribution in [0.1, 0.15) is 24.1 Å². The van der Waals surface area contributed by atoms with E-state index in [1.807, 2.05) is 6.92 Å².